The average Bonchev–Trinajstić information content (AvgIpc) is 3.46. The average molecular weight is 583 g/mol. The lowest BCUT2D eigenvalue weighted by Crippen LogP contribution is -2.01. The molecular formula is C46H30. The third-order valence-corrected chi connectivity index (χ3v) is 10.4. The molecule has 0 saturated carbocycles. The van der Waals surface area contributed by atoms with Crippen LogP contribution < -0.4 is 0 Å². The largest absolute Gasteiger partial charge is 0.0761 e. The van der Waals surface area contributed by atoms with Gasteiger partial charge in [0.05, 0.1) is 0 Å². The molecule has 10 rings (SSSR count). The van der Waals surface area contributed by atoms with Gasteiger partial charge in [0.2, 0.25) is 0 Å². The highest BCUT2D eigenvalue weighted by Crippen LogP contribution is 2.51. The lowest BCUT2D eigenvalue weighted by molar-refractivity contribution is 0.769. The Kier molecular flexibility index (Phi) is 5.50. The van der Waals surface area contributed by atoms with Gasteiger partial charge in [-0.2, -0.15) is 0 Å². The summed E-state index contributed by atoms with van der Waals surface area (Å²) in [5, 5.41) is 10.5. The van der Waals surface area contributed by atoms with Gasteiger partial charge in [-0.25, -0.2) is 0 Å². The maximum absolute atomic E-state index is 2.37. The zero-order valence-electron chi connectivity index (χ0n) is 25.3. The molecule has 0 aromatic heterocycles. The predicted molar refractivity (Wildman–Crippen MR) is 197 cm³/mol. The zero-order chi connectivity index (χ0) is 30.2. The van der Waals surface area contributed by atoms with E-state index in [0.29, 0.717) is 11.8 Å². The number of hydrogen-bond acceptors (Lipinski definition) is 0. The van der Waals surface area contributed by atoms with Gasteiger partial charge in [-0.05, 0) is 112 Å². The maximum Gasteiger partial charge on any atom is 0.0131 e. The molecule has 0 nitrogen and oxygen atoms in total. The molecule has 0 saturated heterocycles. The van der Waals surface area contributed by atoms with Crippen molar-refractivity contribution in [2.45, 2.75) is 11.8 Å². The van der Waals surface area contributed by atoms with E-state index >= 15 is 0 Å². The van der Waals surface area contributed by atoms with E-state index in [4.69, 9.17) is 0 Å². The lowest BCUT2D eigenvalue weighted by atomic mass is 9.86. The minimum Gasteiger partial charge on any atom is -0.0761 e. The van der Waals surface area contributed by atoms with Crippen LogP contribution in [0.4, 0.5) is 0 Å². The second-order valence-electron chi connectivity index (χ2n) is 12.8. The van der Waals surface area contributed by atoms with Crippen LogP contribution in [-0.4, -0.2) is 0 Å². The number of benzene rings is 8. The van der Waals surface area contributed by atoms with Crippen LogP contribution in [0.5, 0.6) is 0 Å². The highest BCUT2D eigenvalue weighted by Gasteiger charge is 2.32. The van der Waals surface area contributed by atoms with Crippen molar-refractivity contribution in [1.29, 1.82) is 0 Å². The van der Waals surface area contributed by atoms with Crippen molar-refractivity contribution in [3.8, 4) is 33.4 Å². The Morgan fingerprint density at radius 3 is 1.78 bits per heavy atom. The maximum atomic E-state index is 2.37. The monoisotopic (exact) mass is 582 g/mol. The molecule has 2 unspecified atom stereocenters. The number of rotatable bonds is 3. The molecule has 2 aliphatic carbocycles. The molecule has 0 N–H and O–H groups in total. The summed E-state index contributed by atoms with van der Waals surface area (Å²) in [4.78, 5) is 0. The van der Waals surface area contributed by atoms with Crippen LogP contribution >= 0.6 is 0 Å². The fourth-order valence-corrected chi connectivity index (χ4v) is 8.22. The van der Waals surface area contributed by atoms with Crippen molar-refractivity contribution in [2.75, 3.05) is 0 Å². The van der Waals surface area contributed by atoms with Gasteiger partial charge in [-0.3, -0.25) is 0 Å². The fourth-order valence-electron chi connectivity index (χ4n) is 8.22. The molecule has 0 spiro atoms. The molecule has 2 atom stereocenters. The topological polar surface area (TPSA) is 0 Å². The third-order valence-electron chi connectivity index (χ3n) is 10.4. The first-order chi connectivity index (χ1) is 22.8. The van der Waals surface area contributed by atoms with Crippen molar-refractivity contribution in [1.82, 2.24) is 0 Å². The van der Waals surface area contributed by atoms with Gasteiger partial charge in [0, 0.05) is 11.8 Å². The molecule has 0 heteroatoms. The predicted octanol–water partition coefficient (Wildman–Crippen LogP) is 12.6. The van der Waals surface area contributed by atoms with Crippen LogP contribution in [0.15, 0.2) is 170 Å². The van der Waals surface area contributed by atoms with Gasteiger partial charge in [-0.15, -0.1) is 0 Å². The lowest BCUT2D eigenvalue weighted by Gasteiger charge is -2.17. The Hall–Kier alpha value is -5.72. The summed E-state index contributed by atoms with van der Waals surface area (Å²) in [5.74, 6) is 0.895. The van der Waals surface area contributed by atoms with E-state index in [2.05, 4.69) is 170 Å². The van der Waals surface area contributed by atoms with E-state index in [0.717, 1.165) is 0 Å². The number of fused-ring (bicyclic) bond motifs is 7. The smallest absolute Gasteiger partial charge is 0.0131 e. The van der Waals surface area contributed by atoms with Gasteiger partial charge in [0.15, 0.2) is 0 Å². The van der Waals surface area contributed by atoms with Gasteiger partial charge in [0.25, 0.3) is 0 Å². The van der Waals surface area contributed by atoms with E-state index in [-0.39, 0.29) is 0 Å². The van der Waals surface area contributed by atoms with Crippen LogP contribution in [0.3, 0.4) is 0 Å². The Morgan fingerprint density at radius 1 is 0.326 bits per heavy atom. The van der Waals surface area contributed by atoms with E-state index < -0.39 is 0 Å². The Labute approximate surface area is 268 Å². The molecule has 0 amide bonds. The van der Waals surface area contributed by atoms with Crippen LogP contribution in [0, 0.1) is 0 Å². The molecular weight excluding hydrogens is 553 g/mol. The Bertz CT molecular complexity index is 2570. The van der Waals surface area contributed by atoms with Crippen molar-refractivity contribution < 1.29 is 0 Å². The van der Waals surface area contributed by atoms with Gasteiger partial charge in [0.1, 0.15) is 0 Å². The molecule has 0 fully saturated rings. The van der Waals surface area contributed by atoms with Crippen LogP contribution in [0.1, 0.15) is 23.0 Å². The molecule has 0 aliphatic heterocycles. The summed E-state index contributed by atoms with van der Waals surface area (Å²) < 4.78 is 0. The minimum absolute atomic E-state index is 0.448. The SMILES string of the molecule is C1=CC2c3cccc4c(-c5cccc(-c6ccc7cc(-c8cc9ccccc9c9ccccc89)ccc7c6)c5)ccc(c34)C2C=C1. The quantitative estimate of drug-likeness (QED) is 0.182. The molecule has 8 aromatic carbocycles. The summed E-state index contributed by atoms with van der Waals surface area (Å²) in [6.07, 6.45) is 9.14. The summed E-state index contributed by atoms with van der Waals surface area (Å²) in [6, 6.07) is 54.3. The molecule has 0 bridgehead atoms. The van der Waals surface area contributed by atoms with E-state index in [9.17, 15) is 0 Å². The first kappa shape index (κ1) is 25.6. The van der Waals surface area contributed by atoms with Crippen LogP contribution in [0.2, 0.25) is 0 Å². The fraction of sp³-hybridized carbons (Fsp3) is 0.0435. The van der Waals surface area contributed by atoms with Crippen LogP contribution in [-0.2, 0) is 0 Å². The highest BCUT2D eigenvalue weighted by atomic mass is 14.4. The first-order valence-electron chi connectivity index (χ1n) is 16.3. The Balaban J connectivity index is 1.05. The van der Waals surface area contributed by atoms with Crippen molar-refractivity contribution in [3.63, 3.8) is 0 Å². The summed E-state index contributed by atoms with van der Waals surface area (Å²) in [7, 11) is 0. The van der Waals surface area contributed by atoms with Gasteiger partial charge in [-0.1, -0.05) is 146 Å². The Morgan fingerprint density at radius 2 is 0.935 bits per heavy atom. The second-order valence-corrected chi connectivity index (χ2v) is 12.8. The molecule has 0 radical (unpaired) electrons. The molecule has 46 heavy (non-hydrogen) atoms. The molecule has 8 aromatic rings. The third kappa shape index (κ3) is 3.80. The molecule has 2 aliphatic rings. The summed E-state index contributed by atoms with van der Waals surface area (Å²) in [6.45, 7) is 0. The normalized spacial score (nSPS) is 16.5. The number of allylic oxidation sites excluding steroid dienone is 4. The summed E-state index contributed by atoms with van der Waals surface area (Å²) in [5.41, 5.74) is 10.5. The van der Waals surface area contributed by atoms with Gasteiger partial charge >= 0.3 is 0 Å². The van der Waals surface area contributed by atoms with Crippen molar-refractivity contribution in [3.05, 3.63) is 181 Å². The van der Waals surface area contributed by atoms with E-state index in [1.807, 2.05) is 0 Å². The highest BCUT2D eigenvalue weighted by molar-refractivity contribution is 6.14. The second kappa shape index (κ2) is 9.89. The minimum atomic E-state index is 0.448. The zero-order valence-corrected chi connectivity index (χ0v) is 25.3. The van der Waals surface area contributed by atoms with Crippen LogP contribution in [0.25, 0.3) is 76.5 Å². The van der Waals surface area contributed by atoms with Crippen molar-refractivity contribution in [2.24, 2.45) is 0 Å². The summed E-state index contributed by atoms with van der Waals surface area (Å²) >= 11 is 0. The molecule has 214 valence electrons. The van der Waals surface area contributed by atoms with Gasteiger partial charge < -0.3 is 0 Å². The molecule has 0 heterocycles. The van der Waals surface area contributed by atoms with E-state index in [1.165, 1.54) is 87.6 Å². The first-order valence-corrected chi connectivity index (χ1v) is 16.3. The number of hydrogen-bond donors (Lipinski definition) is 0. The standard InChI is InChI=1S/C46H30/c1-2-12-36-34(9-1)28-45(41-16-6-3-13-38(36)41)35-22-21-31-25-30(19-20-32(31)27-35)29-10-7-11-33(26-29)37-23-24-44-40-15-5-4-14-39(40)43-18-8-17-42(37)46(43)44/h1-28,39-40H. The van der Waals surface area contributed by atoms with E-state index in [1.54, 1.807) is 0 Å². The van der Waals surface area contributed by atoms with Crippen molar-refractivity contribution >= 4 is 43.1 Å².